The van der Waals surface area contributed by atoms with Crippen LogP contribution < -0.4 is 5.32 Å². The second-order valence-corrected chi connectivity index (χ2v) is 5.70. The Morgan fingerprint density at radius 2 is 1.88 bits per heavy atom. The van der Waals surface area contributed by atoms with E-state index in [0.29, 0.717) is 6.07 Å². The molecule has 3 amide bonds. The number of aliphatic hydroxyl groups excluding tert-OH is 1. The molecule has 0 radical (unpaired) electrons. The predicted molar refractivity (Wildman–Crippen MR) is 76.8 cm³/mol. The van der Waals surface area contributed by atoms with Gasteiger partial charge in [0.2, 0.25) is 11.8 Å². The highest BCUT2D eigenvalue weighted by Gasteiger charge is 2.44. The van der Waals surface area contributed by atoms with Gasteiger partial charge in [-0.15, -0.1) is 0 Å². The number of fused-ring (bicyclic) bond motifs is 1. The van der Waals surface area contributed by atoms with Crippen LogP contribution in [0.5, 0.6) is 0 Å². The van der Waals surface area contributed by atoms with Crippen molar-refractivity contribution in [2.75, 3.05) is 26.2 Å². The van der Waals surface area contributed by atoms with Crippen LogP contribution in [0.1, 0.15) is 10.4 Å². The number of aliphatic hydroxyl groups is 1. The zero-order valence-corrected chi connectivity index (χ0v) is 12.5. The smallest absolute Gasteiger partial charge is 0.254 e. The van der Waals surface area contributed by atoms with Gasteiger partial charge in [0.1, 0.15) is 23.7 Å². The van der Waals surface area contributed by atoms with E-state index in [1.165, 1.54) is 9.80 Å². The Bertz CT molecular complexity index is 692. The summed E-state index contributed by atoms with van der Waals surface area (Å²) in [4.78, 5) is 39.2. The molecule has 128 valence electrons. The molecule has 1 aromatic rings. The van der Waals surface area contributed by atoms with E-state index in [1.54, 1.807) is 0 Å². The van der Waals surface area contributed by atoms with Crippen LogP contribution >= 0.6 is 0 Å². The zero-order chi connectivity index (χ0) is 17.4. The van der Waals surface area contributed by atoms with Crippen molar-refractivity contribution in [3.8, 4) is 0 Å². The number of hydrogen-bond acceptors (Lipinski definition) is 4. The number of carbonyl (C=O) groups excluding carboxylic acids is 3. The number of rotatable bonds is 2. The van der Waals surface area contributed by atoms with Gasteiger partial charge in [0.25, 0.3) is 5.91 Å². The van der Waals surface area contributed by atoms with Gasteiger partial charge in [-0.3, -0.25) is 14.4 Å². The average molecular weight is 339 g/mol. The molecule has 2 fully saturated rings. The van der Waals surface area contributed by atoms with E-state index in [4.69, 9.17) is 5.11 Å². The van der Waals surface area contributed by atoms with Gasteiger partial charge < -0.3 is 20.2 Å². The number of nitrogens with one attached hydrogen (secondary N) is 1. The van der Waals surface area contributed by atoms with E-state index in [0.717, 1.165) is 12.1 Å². The van der Waals surface area contributed by atoms with Gasteiger partial charge >= 0.3 is 0 Å². The van der Waals surface area contributed by atoms with Crippen molar-refractivity contribution in [2.24, 2.45) is 0 Å². The quantitative estimate of drug-likeness (QED) is 0.731. The first-order valence-corrected chi connectivity index (χ1v) is 7.38. The van der Waals surface area contributed by atoms with E-state index in [9.17, 15) is 23.2 Å². The van der Waals surface area contributed by atoms with Gasteiger partial charge in [0, 0.05) is 24.7 Å². The van der Waals surface area contributed by atoms with Crippen LogP contribution in [0.25, 0.3) is 0 Å². The molecule has 2 aliphatic heterocycles. The zero-order valence-electron chi connectivity index (χ0n) is 12.5. The van der Waals surface area contributed by atoms with Gasteiger partial charge in [-0.1, -0.05) is 0 Å². The van der Waals surface area contributed by atoms with Gasteiger partial charge in [-0.2, -0.15) is 0 Å². The second-order valence-electron chi connectivity index (χ2n) is 5.70. The SMILES string of the molecule is O=C1N[C@H](CO)C(=O)N2CCN(C(=O)c3cc(F)cc(F)c3)C[C@H]12. The van der Waals surface area contributed by atoms with Crippen LogP contribution in [-0.2, 0) is 9.59 Å². The lowest BCUT2D eigenvalue weighted by atomic mass is 10.0. The summed E-state index contributed by atoms with van der Waals surface area (Å²) in [5.74, 6) is -3.23. The van der Waals surface area contributed by atoms with Crippen LogP contribution in [-0.4, -0.2) is 71.0 Å². The third-order valence-electron chi connectivity index (χ3n) is 4.16. The molecule has 2 heterocycles. The fourth-order valence-corrected chi connectivity index (χ4v) is 2.97. The number of benzene rings is 1. The van der Waals surface area contributed by atoms with Crippen LogP contribution in [0, 0.1) is 11.6 Å². The molecule has 2 saturated heterocycles. The molecule has 0 aliphatic carbocycles. The summed E-state index contributed by atoms with van der Waals surface area (Å²) < 4.78 is 26.5. The molecule has 24 heavy (non-hydrogen) atoms. The van der Waals surface area contributed by atoms with Gasteiger partial charge in [-0.05, 0) is 12.1 Å². The molecule has 2 N–H and O–H groups in total. The molecule has 0 aromatic heterocycles. The second kappa shape index (κ2) is 6.16. The number of halogens is 2. The first-order chi connectivity index (χ1) is 11.4. The first kappa shape index (κ1) is 16.3. The maximum Gasteiger partial charge on any atom is 0.254 e. The molecular weight excluding hydrogens is 324 g/mol. The average Bonchev–Trinajstić information content (AvgIpc) is 2.56. The van der Waals surface area contributed by atoms with Gasteiger partial charge in [0.05, 0.1) is 13.2 Å². The van der Waals surface area contributed by atoms with E-state index in [2.05, 4.69) is 5.32 Å². The summed E-state index contributed by atoms with van der Waals surface area (Å²) in [5, 5.41) is 11.5. The summed E-state index contributed by atoms with van der Waals surface area (Å²) >= 11 is 0. The lowest BCUT2D eigenvalue weighted by Gasteiger charge is -2.44. The highest BCUT2D eigenvalue weighted by Crippen LogP contribution is 2.19. The Morgan fingerprint density at radius 1 is 1.21 bits per heavy atom. The Balaban J connectivity index is 1.78. The molecule has 7 nitrogen and oxygen atoms in total. The third-order valence-corrected chi connectivity index (χ3v) is 4.16. The van der Waals surface area contributed by atoms with Crippen LogP contribution in [0.15, 0.2) is 18.2 Å². The number of piperazine rings is 2. The van der Waals surface area contributed by atoms with Crippen LogP contribution in [0.4, 0.5) is 8.78 Å². The molecule has 3 rings (SSSR count). The van der Waals surface area contributed by atoms with Crippen molar-refractivity contribution in [1.29, 1.82) is 0 Å². The molecule has 1 aromatic carbocycles. The van der Waals surface area contributed by atoms with E-state index >= 15 is 0 Å². The number of carbonyl (C=O) groups is 3. The van der Waals surface area contributed by atoms with Crippen molar-refractivity contribution < 1.29 is 28.3 Å². The maximum atomic E-state index is 13.3. The maximum absolute atomic E-state index is 13.3. The highest BCUT2D eigenvalue weighted by atomic mass is 19.1. The minimum Gasteiger partial charge on any atom is -0.394 e. The number of nitrogens with zero attached hydrogens (tertiary/aromatic N) is 2. The van der Waals surface area contributed by atoms with Crippen molar-refractivity contribution >= 4 is 17.7 Å². The highest BCUT2D eigenvalue weighted by molar-refractivity contribution is 5.99. The minimum absolute atomic E-state index is 0.0767. The van der Waals surface area contributed by atoms with Crippen molar-refractivity contribution in [3.05, 3.63) is 35.4 Å². The molecule has 0 spiro atoms. The van der Waals surface area contributed by atoms with Crippen molar-refractivity contribution in [1.82, 2.24) is 15.1 Å². The molecular formula is C15H15F2N3O4. The summed E-state index contributed by atoms with van der Waals surface area (Å²) in [6.45, 7) is -0.340. The fourth-order valence-electron chi connectivity index (χ4n) is 2.97. The van der Waals surface area contributed by atoms with E-state index < -0.39 is 48.0 Å². The summed E-state index contributed by atoms with van der Waals surface area (Å²) in [5.41, 5.74) is -0.156. The lowest BCUT2D eigenvalue weighted by Crippen LogP contribution is -2.70. The molecule has 0 bridgehead atoms. The first-order valence-electron chi connectivity index (χ1n) is 7.38. The molecule has 9 heteroatoms. The molecule has 0 unspecified atom stereocenters. The predicted octanol–water partition coefficient (Wildman–Crippen LogP) is -0.891. The normalized spacial score (nSPS) is 23.8. The van der Waals surface area contributed by atoms with Gasteiger partial charge in [-0.25, -0.2) is 8.78 Å². The third kappa shape index (κ3) is 2.82. The van der Waals surface area contributed by atoms with E-state index in [1.807, 2.05) is 0 Å². The van der Waals surface area contributed by atoms with Crippen molar-refractivity contribution in [2.45, 2.75) is 12.1 Å². The molecule has 2 aliphatic rings. The molecule has 2 atom stereocenters. The number of hydrogen-bond donors (Lipinski definition) is 2. The standard InChI is InChI=1S/C15H15F2N3O4/c16-9-3-8(4-10(17)5-9)14(23)19-1-2-20-12(6-19)13(22)18-11(7-21)15(20)24/h3-5,11-12,21H,1-2,6-7H2,(H,18,22)/t11-,12-/m1/s1. The lowest BCUT2D eigenvalue weighted by molar-refractivity contribution is -0.153. The topological polar surface area (TPSA) is 89.9 Å². The Hall–Kier alpha value is -2.55. The summed E-state index contributed by atoms with van der Waals surface area (Å²) in [6, 6.07) is 0.652. The van der Waals surface area contributed by atoms with E-state index in [-0.39, 0.29) is 25.2 Å². The van der Waals surface area contributed by atoms with Gasteiger partial charge in [0.15, 0.2) is 0 Å². The minimum atomic E-state index is -0.978. The Morgan fingerprint density at radius 3 is 2.50 bits per heavy atom. The largest absolute Gasteiger partial charge is 0.394 e. The summed E-state index contributed by atoms with van der Waals surface area (Å²) in [6.07, 6.45) is 0. The van der Waals surface area contributed by atoms with Crippen LogP contribution in [0.3, 0.4) is 0 Å². The fraction of sp³-hybridized carbons (Fsp3) is 0.400. The summed E-state index contributed by atoms with van der Waals surface area (Å²) in [7, 11) is 0. The Labute approximate surface area is 135 Å². The Kier molecular flexibility index (Phi) is 4.18. The number of amides is 3. The monoisotopic (exact) mass is 339 g/mol. The molecule has 0 saturated carbocycles. The van der Waals surface area contributed by atoms with Crippen LogP contribution in [0.2, 0.25) is 0 Å². The van der Waals surface area contributed by atoms with Crippen molar-refractivity contribution in [3.63, 3.8) is 0 Å².